The van der Waals surface area contributed by atoms with Gasteiger partial charge in [0.15, 0.2) is 5.13 Å². The molecule has 1 N–H and O–H groups in total. The molecule has 1 aliphatic rings. The van der Waals surface area contributed by atoms with E-state index < -0.39 is 6.04 Å². The number of carbonyl (C=O) groups excluding carboxylic acids is 2. The highest BCUT2D eigenvalue weighted by Crippen LogP contribution is 2.33. The Kier molecular flexibility index (Phi) is 5.78. The molecule has 2 amide bonds. The Morgan fingerprint density at radius 3 is 2.77 bits per heavy atom. The molecule has 7 nitrogen and oxygen atoms in total. The summed E-state index contributed by atoms with van der Waals surface area (Å²) in [5.74, 6) is 0.529. The largest absolute Gasteiger partial charge is 0.496 e. The number of rotatable bonds is 5. The van der Waals surface area contributed by atoms with Crippen molar-refractivity contribution < 1.29 is 19.1 Å². The van der Waals surface area contributed by atoms with Crippen LogP contribution in [-0.2, 0) is 4.79 Å². The third-order valence-electron chi connectivity index (χ3n) is 5.04. The number of halogens is 1. The van der Waals surface area contributed by atoms with Crippen molar-refractivity contribution in [1.82, 2.24) is 9.88 Å². The summed E-state index contributed by atoms with van der Waals surface area (Å²) in [6.07, 6.45) is 1.31. The molecule has 156 valence electrons. The summed E-state index contributed by atoms with van der Waals surface area (Å²) in [5, 5.41) is 3.77. The van der Waals surface area contributed by atoms with Gasteiger partial charge in [0.25, 0.3) is 5.91 Å². The molecule has 0 aliphatic carbocycles. The van der Waals surface area contributed by atoms with Crippen LogP contribution in [0.1, 0.15) is 23.2 Å². The fourth-order valence-corrected chi connectivity index (χ4v) is 4.67. The number of nitrogens with one attached hydrogen (secondary N) is 1. The minimum atomic E-state index is -0.588. The van der Waals surface area contributed by atoms with Gasteiger partial charge in [-0.25, -0.2) is 4.98 Å². The summed E-state index contributed by atoms with van der Waals surface area (Å²) < 4.78 is 11.5. The maximum absolute atomic E-state index is 13.1. The number of likely N-dealkylation sites (tertiary alicyclic amines) is 1. The normalized spacial score (nSPS) is 16.0. The summed E-state index contributed by atoms with van der Waals surface area (Å²) in [6.45, 7) is 0.486. The van der Waals surface area contributed by atoms with Gasteiger partial charge in [-0.05, 0) is 43.2 Å². The number of carbonyl (C=O) groups is 2. The van der Waals surface area contributed by atoms with Gasteiger partial charge in [0, 0.05) is 11.6 Å². The van der Waals surface area contributed by atoms with E-state index in [9.17, 15) is 9.59 Å². The highest BCUT2D eigenvalue weighted by molar-refractivity contribution is 7.22. The van der Waals surface area contributed by atoms with Crippen molar-refractivity contribution in [3.63, 3.8) is 0 Å². The van der Waals surface area contributed by atoms with Gasteiger partial charge in [0.1, 0.15) is 23.1 Å². The number of methoxy groups -OCH3 is 2. The lowest BCUT2D eigenvalue weighted by Crippen LogP contribution is -2.43. The van der Waals surface area contributed by atoms with Gasteiger partial charge >= 0.3 is 0 Å². The zero-order valence-corrected chi connectivity index (χ0v) is 18.0. The number of thiazole rings is 1. The average molecular weight is 446 g/mol. The molecule has 1 aliphatic heterocycles. The lowest BCUT2D eigenvalue weighted by molar-refractivity contribution is -0.119. The minimum Gasteiger partial charge on any atom is -0.496 e. The third kappa shape index (κ3) is 3.80. The average Bonchev–Trinajstić information content (AvgIpc) is 3.39. The lowest BCUT2D eigenvalue weighted by atomic mass is 10.1. The van der Waals surface area contributed by atoms with E-state index in [1.54, 1.807) is 30.2 Å². The predicted octanol–water partition coefficient (Wildman–Crippen LogP) is 4.21. The lowest BCUT2D eigenvalue weighted by Gasteiger charge is -2.24. The Hall–Kier alpha value is -2.84. The molecule has 0 bridgehead atoms. The monoisotopic (exact) mass is 445 g/mol. The van der Waals surface area contributed by atoms with Crippen molar-refractivity contribution in [2.45, 2.75) is 18.9 Å². The molecule has 1 atom stereocenters. The van der Waals surface area contributed by atoms with Gasteiger partial charge in [-0.3, -0.25) is 9.59 Å². The van der Waals surface area contributed by atoms with Gasteiger partial charge in [-0.2, -0.15) is 0 Å². The number of aromatic nitrogens is 1. The zero-order chi connectivity index (χ0) is 21.3. The van der Waals surface area contributed by atoms with Gasteiger partial charge in [0.05, 0.1) is 24.5 Å². The Labute approximate surface area is 182 Å². The van der Waals surface area contributed by atoms with Crippen LogP contribution in [0.3, 0.4) is 0 Å². The molecule has 1 saturated heterocycles. The number of hydrogen-bond donors (Lipinski definition) is 1. The Balaban J connectivity index is 1.56. The second kappa shape index (κ2) is 8.49. The first-order valence-electron chi connectivity index (χ1n) is 9.40. The number of para-hydroxylation sites is 1. The third-order valence-corrected chi connectivity index (χ3v) is 6.21. The SMILES string of the molecule is COc1ccc(Cl)cc1C(=O)N1CCCC1C(=O)Nc1nc2c(OC)cccc2s1. The summed E-state index contributed by atoms with van der Waals surface area (Å²) >= 11 is 7.44. The summed E-state index contributed by atoms with van der Waals surface area (Å²) in [4.78, 5) is 32.2. The number of fused-ring (bicyclic) bond motifs is 1. The van der Waals surface area contributed by atoms with Crippen LogP contribution in [0, 0.1) is 0 Å². The number of amides is 2. The van der Waals surface area contributed by atoms with E-state index in [1.807, 2.05) is 18.2 Å². The zero-order valence-electron chi connectivity index (χ0n) is 16.5. The molecule has 3 aromatic rings. The van der Waals surface area contributed by atoms with Crippen LogP contribution < -0.4 is 14.8 Å². The van der Waals surface area contributed by atoms with Crippen molar-refractivity contribution in [2.75, 3.05) is 26.1 Å². The van der Waals surface area contributed by atoms with Crippen molar-refractivity contribution in [1.29, 1.82) is 0 Å². The van der Waals surface area contributed by atoms with E-state index in [4.69, 9.17) is 21.1 Å². The quantitative estimate of drug-likeness (QED) is 0.636. The highest BCUT2D eigenvalue weighted by atomic mass is 35.5. The Morgan fingerprint density at radius 1 is 1.20 bits per heavy atom. The van der Waals surface area contributed by atoms with Crippen LogP contribution in [0.2, 0.25) is 5.02 Å². The van der Waals surface area contributed by atoms with Crippen molar-refractivity contribution >= 4 is 50.1 Å². The van der Waals surface area contributed by atoms with Crippen LogP contribution in [0.15, 0.2) is 36.4 Å². The molecule has 1 fully saturated rings. The van der Waals surface area contributed by atoms with E-state index in [-0.39, 0.29) is 11.8 Å². The van der Waals surface area contributed by atoms with Crippen LogP contribution in [-0.4, -0.2) is 48.5 Å². The molecule has 1 aromatic heterocycles. The van der Waals surface area contributed by atoms with E-state index >= 15 is 0 Å². The second-order valence-corrected chi connectivity index (χ2v) is 8.28. The standard InChI is InChI=1S/C21H20ClN3O4S/c1-28-15-9-8-12(22)11-13(15)20(27)25-10-4-5-14(25)19(26)24-21-23-18-16(29-2)6-3-7-17(18)30-21/h3,6-9,11,14H,4-5,10H2,1-2H3,(H,23,24,26). The van der Waals surface area contributed by atoms with Crippen molar-refractivity contribution in [3.05, 3.63) is 47.0 Å². The molecule has 2 heterocycles. The summed E-state index contributed by atoms with van der Waals surface area (Å²) in [7, 11) is 3.08. The van der Waals surface area contributed by atoms with E-state index in [0.29, 0.717) is 45.7 Å². The molecule has 30 heavy (non-hydrogen) atoms. The minimum absolute atomic E-state index is 0.264. The number of nitrogens with zero attached hydrogens (tertiary/aromatic N) is 2. The molecule has 0 spiro atoms. The Bertz CT molecular complexity index is 1120. The number of ether oxygens (including phenoxy) is 2. The molecule has 9 heteroatoms. The van der Waals surface area contributed by atoms with E-state index in [0.717, 1.165) is 11.1 Å². The number of benzene rings is 2. The molecule has 2 aromatic carbocycles. The highest BCUT2D eigenvalue weighted by Gasteiger charge is 2.36. The van der Waals surface area contributed by atoms with Gasteiger partial charge in [-0.1, -0.05) is 29.0 Å². The van der Waals surface area contributed by atoms with Gasteiger partial charge in [0.2, 0.25) is 5.91 Å². The van der Waals surface area contributed by atoms with Crippen LogP contribution in [0.4, 0.5) is 5.13 Å². The number of hydrogen-bond acceptors (Lipinski definition) is 6. The fourth-order valence-electron chi connectivity index (χ4n) is 3.61. The summed E-state index contributed by atoms with van der Waals surface area (Å²) in [6, 6.07) is 9.90. The number of anilines is 1. The van der Waals surface area contributed by atoms with Crippen LogP contribution >= 0.6 is 22.9 Å². The van der Waals surface area contributed by atoms with E-state index in [1.165, 1.54) is 18.4 Å². The fraction of sp³-hybridized carbons (Fsp3) is 0.286. The first-order valence-corrected chi connectivity index (χ1v) is 10.6. The first-order chi connectivity index (χ1) is 14.5. The van der Waals surface area contributed by atoms with Crippen molar-refractivity contribution in [3.8, 4) is 11.5 Å². The molecular weight excluding hydrogens is 426 g/mol. The maximum Gasteiger partial charge on any atom is 0.258 e. The first kappa shape index (κ1) is 20.4. The molecule has 0 radical (unpaired) electrons. The van der Waals surface area contributed by atoms with Gasteiger partial charge < -0.3 is 19.7 Å². The topological polar surface area (TPSA) is 80.8 Å². The molecule has 4 rings (SSSR count). The molecule has 0 saturated carbocycles. The van der Waals surface area contributed by atoms with E-state index in [2.05, 4.69) is 10.3 Å². The van der Waals surface area contributed by atoms with Crippen LogP contribution in [0.25, 0.3) is 10.2 Å². The Morgan fingerprint density at radius 2 is 2.00 bits per heavy atom. The molecule has 1 unspecified atom stereocenters. The molecular formula is C21H20ClN3O4S. The smallest absolute Gasteiger partial charge is 0.258 e. The predicted molar refractivity (Wildman–Crippen MR) is 117 cm³/mol. The second-order valence-electron chi connectivity index (χ2n) is 6.82. The maximum atomic E-state index is 13.1. The summed E-state index contributed by atoms with van der Waals surface area (Å²) in [5.41, 5.74) is 1.04. The van der Waals surface area contributed by atoms with Crippen LogP contribution in [0.5, 0.6) is 11.5 Å². The van der Waals surface area contributed by atoms with Crippen molar-refractivity contribution in [2.24, 2.45) is 0 Å². The van der Waals surface area contributed by atoms with Gasteiger partial charge in [-0.15, -0.1) is 0 Å².